The number of rotatable bonds is 2. The summed E-state index contributed by atoms with van der Waals surface area (Å²) in [4.78, 5) is 34.5. The van der Waals surface area contributed by atoms with Crippen molar-refractivity contribution in [3.05, 3.63) is 130 Å². The molecule has 0 unspecified atom stereocenters. The Morgan fingerprint density at radius 3 is 0.926 bits per heavy atom. The fourth-order valence-electron chi connectivity index (χ4n) is 8.46. The zero-order valence-electron chi connectivity index (χ0n) is 34.7. The Morgan fingerprint density at radius 2 is 0.685 bits per heavy atom. The van der Waals surface area contributed by atoms with E-state index in [1.165, 1.54) is 52.9 Å². The van der Waals surface area contributed by atoms with Crippen LogP contribution >= 0.6 is 22.7 Å². The summed E-state index contributed by atoms with van der Waals surface area (Å²) in [5, 5.41) is 0. The van der Waals surface area contributed by atoms with Crippen molar-refractivity contribution in [2.45, 2.75) is 108 Å². The molecule has 0 saturated heterocycles. The second-order valence-corrected chi connectivity index (χ2v) is 22.2. The first-order valence-corrected chi connectivity index (χ1v) is 21.0. The Hall–Kier alpha value is -3.86. The molecule has 0 fully saturated rings. The maximum absolute atomic E-state index is 14.8. The molecule has 0 amide bonds. The average Bonchev–Trinajstić information content (AvgIpc) is 3.70. The lowest BCUT2D eigenvalue weighted by molar-refractivity contribution is -0.115. The summed E-state index contributed by atoms with van der Waals surface area (Å²) in [7, 11) is 0. The van der Waals surface area contributed by atoms with Gasteiger partial charge in [-0.05, 0) is 69.9 Å². The SMILES string of the molecule is Cc1ccc(-c2cc3c(s2)-c2sc(-c4ccc(C)cc4)cc2C2(C=C(C(C)(C)C)C(=O)C(C(C)(C)C)=C2)C32C=C(C(C)(C)C)C(=O)C(C(C)(C)C)=C2)cc1. The smallest absolute Gasteiger partial charge is 0.185 e. The van der Waals surface area contributed by atoms with Crippen molar-refractivity contribution < 1.29 is 9.59 Å². The van der Waals surface area contributed by atoms with Crippen LogP contribution in [-0.2, 0) is 20.4 Å². The molecular weight excluding hydrogens is 697 g/mol. The van der Waals surface area contributed by atoms with E-state index in [0.717, 1.165) is 22.3 Å². The molecule has 2 spiro atoms. The summed E-state index contributed by atoms with van der Waals surface area (Å²) in [6.07, 6.45) is 9.35. The summed E-state index contributed by atoms with van der Waals surface area (Å²) in [6.45, 7) is 30.3. The van der Waals surface area contributed by atoms with Gasteiger partial charge in [-0.25, -0.2) is 0 Å². The van der Waals surface area contributed by atoms with Gasteiger partial charge in [0.05, 0.1) is 10.8 Å². The van der Waals surface area contributed by atoms with Crippen LogP contribution in [0.2, 0.25) is 0 Å². The third kappa shape index (κ3) is 6.03. The Kier molecular flexibility index (Phi) is 8.77. The Labute approximate surface area is 331 Å². The number of fused-ring (bicyclic) bond motifs is 6. The third-order valence-electron chi connectivity index (χ3n) is 11.6. The lowest BCUT2D eigenvalue weighted by atomic mass is 9.47. The molecule has 3 aliphatic carbocycles. The van der Waals surface area contributed by atoms with E-state index < -0.39 is 32.5 Å². The minimum Gasteiger partial charge on any atom is -0.289 e. The standard InChI is InChI=1S/C50H56O2S2/c1-29-15-19-31(20-16-29)39-23-33-43(53-39)44-34(24-40(54-44)32-21-17-30(2)18-22-32)50(27-37(47(9,10)11)42(52)38(28-50)48(12,13)14)49(33)25-35(45(3,4)5)41(51)36(26-49)46(6,7)8/h15-28H,1-14H3. The number of ketones is 2. The van der Waals surface area contributed by atoms with Crippen molar-refractivity contribution in [2.75, 3.05) is 0 Å². The van der Waals surface area contributed by atoms with Gasteiger partial charge in [0.2, 0.25) is 0 Å². The highest BCUT2D eigenvalue weighted by Crippen LogP contribution is 2.67. The molecule has 4 aromatic rings. The monoisotopic (exact) mass is 752 g/mol. The topological polar surface area (TPSA) is 34.1 Å². The quantitative estimate of drug-likeness (QED) is 0.204. The summed E-state index contributed by atoms with van der Waals surface area (Å²) >= 11 is 3.71. The van der Waals surface area contributed by atoms with Gasteiger partial charge in [0, 0.05) is 41.8 Å². The molecule has 7 rings (SSSR count). The summed E-state index contributed by atoms with van der Waals surface area (Å²) < 4.78 is 0. The molecule has 280 valence electrons. The molecule has 2 aromatic carbocycles. The van der Waals surface area contributed by atoms with Gasteiger partial charge in [-0.2, -0.15) is 0 Å². The Bertz CT molecular complexity index is 2100. The van der Waals surface area contributed by atoms with Crippen molar-refractivity contribution in [3.8, 4) is 30.6 Å². The molecule has 2 heterocycles. The average molecular weight is 753 g/mol. The van der Waals surface area contributed by atoms with Gasteiger partial charge in [0.1, 0.15) is 0 Å². The van der Waals surface area contributed by atoms with Crippen molar-refractivity contribution in [2.24, 2.45) is 21.7 Å². The number of aryl methyl sites for hydroxylation is 2. The van der Waals surface area contributed by atoms with Crippen LogP contribution in [-0.4, -0.2) is 11.6 Å². The van der Waals surface area contributed by atoms with Crippen molar-refractivity contribution in [1.29, 1.82) is 0 Å². The minimum atomic E-state index is -0.812. The van der Waals surface area contributed by atoms with E-state index in [2.05, 4.69) is 182 Å². The third-order valence-corrected chi connectivity index (χ3v) is 14.1. The van der Waals surface area contributed by atoms with Crippen LogP contribution in [0.3, 0.4) is 0 Å². The Balaban J connectivity index is 1.74. The van der Waals surface area contributed by atoms with Gasteiger partial charge in [-0.1, -0.05) is 167 Å². The van der Waals surface area contributed by atoms with Gasteiger partial charge in [0.25, 0.3) is 0 Å². The highest BCUT2D eigenvalue weighted by Gasteiger charge is 2.60. The molecule has 4 heteroatoms. The zero-order chi connectivity index (χ0) is 39.6. The molecule has 0 aliphatic heterocycles. The van der Waals surface area contributed by atoms with Crippen LogP contribution in [0.5, 0.6) is 0 Å². The lowest BCUT2D eigenvalue weighted by Crippen LogP contribution is -2.52. The molecule has 0 saturated carbocycles. The van der Waals surface area contributed by atoms with E-state index >= 15 is 0 Å². The highest BCUT2D eigenvalue weighted by atomic mass is 32.1. The number of thiophene rings is 2. The second kappa shape index (κ2) is 12.3. The summed E-state index contributed by atoms with van der Waals surface area (Å²) in [6, 6.07) is 22.5. The number of carbonyl (C=O) groups excluding carboxylic acids is 2. The maximum Gasteiger partial charge on any atom is 0.185 e. The van der Waals surface area contributed by atoms with Gasteiger partial charge in [-0.15, -0.1) is 22.7 Å². The van der Waals surface area contributed by atoms with Gasteiger partial charge >= 0.3 is 0 Å². The molecule has 2 nitrogen and oxygen atoms in total. The molecule has 0 radical (unpaired) electrons. The fourth-order valence-corrected chi connectivity index (χ4v) is 11.1. The first-order chi connectivity index (χ1) is 24.9. The van der Waals surface area contributed by atoms with Gasteiger partial charge < -0.3 is 0 Å². The van der Waals surface area contributed by atoms with Crippen molar-refractivity contribution in [1.82, 2.24) is 0 Å². The number of hydrogen-bond donors (Lipinski definition) is 0. The Morgan fingerprint density at radius 1 is 0.426 bits per heavy atom. The molecule has 54 heavy (non-hydrogen) atoms. The normalized spacial score (nSPS) is 18.3. The van der Waals surface area contributed by atoms with E-state index in [1.807, 2.05) is 22.7 Å². The first kappa shape index (κ1) is 38.4. The van der Waals surface area contributed by atoms with Crippen LogP contribution in [0.25, 0.3) is 30.6 Å². The molecule has 0 N–H and O–H groups in total. The van der Waals surface area contributed by atoms with E-state index in [0.29, 0.717) is 0 Å². The number of Topliss-reactive ketones (excluding diaryl/α,β-unsaturated/α-hetero) is 2. The number of hydrogen-bond acceptors (Lipinski definition) is 4. The van der Waals surface area contributed by atoms with Crippen LogP contribution in [0, 0.1) is 35.5 Å². The van der Waals surface area contributed by atoms with E-state index in [4.69, 9.17) is 0 Å². The van der Waals surface area contributed by atoms with Crippen molar-refractivity contribution >= 4 is 34.2 Å². The van der Waals surface area contributed by atoms with Crippen molar-refractivity contribution in [3.63, 3.8) is 0 Å². The summed E-state index contributed by atoms with van der Waals surface area (Å²) in [5.41, 5.74) is 7.21. The predicted octanol–water partition coefficient (Wildman–Crippen LogP) is 14.0. The predicted molar refractivity (Wildman–Crippen MR) is 231 cm³/mol. The largest absolute Gasteiger partial charge is 0.289 e. The minimum absolute atomic E-state index is 0.120. The number of benzene rings is 2. The fraction of sp³-hybridized carbons (Fsp3) is 0.400. The van der Waals surface area contributed by atoms with Crippen LogP contribution in [0.4, 0.5) is 0 Å². The van der Waals surface area contributed by atoms with E-state index in [1.54, 1.807) is 0 Å². The molecule has 2 aromatic heterocycles. The lowest BCUT2D eigenvalue weighted by Gasteiger charge is -2.54. The molecule has 0 atom stereocenters. The van der Waals surface area contributed by atoms with Crippen LogP contribution in [0.1, 0.15) is 105 Å². The highest BCUT2D eigenvalue weighted by molar-refractivity contribution is 7.25. The molecule has 0 bridgehead atoms. The van der Waals surface area contributed by atoms with E-state index in [-0.39, 0.29) is 11.6 Å². The number of carbonyl (C=O) groups is 2. The first-order valence-electron chi connectivity index (χ1n) is 19.3. The summed E-state index contributed by atoms with van der Waals surface area (Å²) in [5.74, 6) is 0.240. The maximum atomic E-state index is 14.8. The molecule has 3 aliphatic rings. The van der Waals surface area contributed by atoms with Gasteiger partial charge in [0.15, 0.2) is 11.6 Å². The van der Waals surface area contributed by atoms with E-state index in [9.17, 15) is 9.59 Å². The van der Waals surface area contributed by atoms with Crippen LogP contribution in [0.15, 0.2) is 107 Å². The second-order valence-electron chi connectivity index (χ2n) is 20.1. The molecular formula is C50H56O2S2. The van der Waals surface area contributed by atoms with Gasteiger partial charge in [-0.3, -0.25) is 9.59 Å². The zero-order valence-corrected chi connectivity index (χ0v) is 36.3. The van der Waals surface area contributed by atoms with Crippen LogP contribution < -0.4 is 0 Å². The number of allylic oxidation sites excluding steroid dienone is 8.